The summed E-state index contributed by atoms with van der Waals surface area (Å²) in [5.74, 6) is 0.847. The lowest BCUT2D eigenvalue weighted by atomic mass is 9.89. The zero-order valence-corrected chi connectivity index (χ0v) is 15.1. The molecule has 2 aliphatic rings. The first-order chi connectivity index (χ1) is 10.4. The molecule has 1 aromatic carbocycles. The summed E-state index contributed by atoms with van der Waals surface area (Å²) in [7, 11) is 0. The van der Waals surface area contributed by atoms with E-state index in [9.17, 15) is 0 Å². The van der Waals surface area contributed by atoms with Gasteiger partial charge in [0.2, 0.25) is 0 Å². The van der Waals surface area contributed by atoms with Gasteiger partial charge in [0, 0.05) is 43.9 Å². The number of nitrogens with zero attached hydrogens (tertiary/aromatic N) is 1. The largest absolute Gasteiger partial charge is 0.361 e. The number of hydrogen-bond donors (Lipinski definition) is 2. The Morgan fingerprint density at radius 1 is 1.00 bits per heavy atom. The number of halogens is 2. The molecule has 1 saturated heterocycles. The third-order valence-corrected chi connectivity index (χ3v) is 5.31. The molecule has 128 valence electrons. The van der Waals surface area contributed by atoms with Crippen LogP contribution < -0.4 is 5.32 Å². The van der Waals surface area contributed by atoms with Crippen molar-refractivity contribution >= 4 is 35.7 Å². The fraction of sp³-hybridized carbons (Fsp3) is 0.556. The lowest BCUT2D eigenvalue weighted by Gasteiger charge is -2.38. The van der Waals surface area contributed by atoms with Gasteiger partial charge in [-0.1, -0.05) is 18.9 Å². The standard InChI is InChI=1S/C18H25N3.2ClH/c1-2-4-14(3-1)18(21-11-9-19-10-12-21)16-5-6-17-15(13-16)7-8-20-17;;/h5-8,13-14,18-20H,1-4,9-12H2;2*1H/t18-;;/m1../s1. The number of rotatable bonds is 3. The summed E-state index contributed by atoms with van der Waals surface area (Å²) in [5, 5.41) is 4.84. The van der Waals surface area contributed by atoms with Crippen LogP contribution in [-0.4, -0.2) is 36.1 Å². The quantitative estimate of drug-likeness (QED) is 0.866. The molecule has 1 aliphatic heterocycles. The highest BCUT2D eigenvalue weighted by atomic mass is 35.5. The number of aromatic nitrogens is 1. The minimum Gasteiger partial charge on any atom is -0.361 e. The van der Waals surface area contributed by atoms with E-state index in [1.807, 2.05) is 6.20 Å². The molecule has 0 radical (unpaired) electrons. The first-order valence-corrected chi connectivity index (χ1v) is 8.43. The van der Waals surface area contributed by atoms with E-state index >= 15 is 0 Å². The van der Waals surface area contributed by atoms with E-state index in [-0.39, 0.29) is 24.8 Å². The van der Waals surface area contributed by atoms with Gasteiger partial charge in [-0.2, -0.15) is 0 Å². The molecule has 0 amide bonds. The number of aromatic amines is 1. The third kappa shape index (κ3) is 3.85. The van der Waals surface area contributed by atoms with E-state index < -0.39 is 0 Å². The van der Waals surface area contributed by atoms with Gasteiger partial charge in [-0.05, 0) is 47.9 Å². The Bertz CT molecular complexity index is 601. The first kappa shape index (κ1) is 18.6. The van der Waals surface area contributed by atoms with E-state index in [1.165, 1.54) is 55.2 Å². The van der Waals surface area contributed by atoms with Crippen LogP contribution in [0.5, 0.6) is 0 Å². The summed E-state index contributed by atoms with van der Waals surface area (Å²) in [4.78, 5) is 6.03. The second-order valence-electron chi connectivity index (χ2n) is 6.60. The number of benzene rings is 1. The molecule has 2 aromatic rings. The van der Waals surface area contributed by atoms with Crippen LogP contribution in [-0.2, 0) is 0 Å². The van der Waals surface area contributed by atoms with Gasteiger partial charge in [0.15, 0.2) is 0 Å². The van der Waals surface area contributed by atoms with Crippen molar-refractivity contribution in [3.63, 3.8) is 0 Å². The molecule has 3 nitrogen and oxygen atoms in total. The van der Waals surface area contributed by atoms with Crippen molar-refractivity contribution in [3.8, 4) is 0 Å². The zero-order chi connectivity index (χ0) is 14.1. The predicted octanol–water partition coefficient (Wildman–Crippen LogP) is 4.15. The van der Waals surface area contributed by atoms with Crippen molar-refractivity contribution in [2.24, 2.45) is 5.92 Å². The van der Waals surface area contributed by atoms with Gasteiger partial charge >= 0.3 is 0 Å². The van der Waals surface area contributed by atoms with Crippen molar-refractivity contribution < 1.29 is 0 Å². The van der Waals surface area contributed by atoms with Crippen LogP contribution in [0.3, 0.4) is 0 Å². The van der Waals surface area contributed by atoms with Gasteiger partial charge in [-0.15, -0.1) is 24.8 Å². The monoisotopic (exact) mass is 355 g/mol. The molecule has 5 heteroatoms. The Morgan fingerprint density at radius 2 is 1.74 bits per heavy atom. The van der Waals surface area contributed by atoms with Crippen molar-refractivity contribution in [1.82, 2.24) is 15.2 Å². The Kier molecular flexibility index (Phi) is 6.78. The van der Waals surface area contributed by atoms with E-state index in [2.05, 4.69) is 39.5 Å². The number of hydrogen-bond acceptors (Lipinski definition) is 2. The van der Waals surface area contributed by atoms with E-state index in [1.54, 1.807) is 0 Å². The molecular weight excluding hydrogens is 329 g/mol. The lowest BCUT2D eigenvalue weighted by Crippen LogP contribution is -2.46. The van der Waals surface area contributed by atoms with Crippen molar-refractivity contribution in [2.75, 3.05) is 26.2 Å². The van der Waals surface area contributed by atoms with Crippen LogP contribution in [0.1, 0.15) is 37.3 Å². The normalized spacial score (nSPS) is 20.9. The lowest BCUT2D eigenvalue weighted by molar-refractivity contribution is 0.125. The zero-order valence-electron chi connectivity index (χ0n) is 13.5. The minimum absolute atomic E-state index is 0. The summed E-state index contributed by atoms with van der Waals surface area (Å²) in [5.41, 5.74) is 2.78. The molecule has 2 heterocycles. The highest BCUT2D eigenvalue weighted by molar-refractivity contribution is 5.85. The van der Waals surface area contributed by atoms with Crippen LogP contribution in [0.15, 0.2) is 30.5 Å². The Labute approximate surface area is 151 Å². The van der Waals surface area contributed by atoms with Crippen LogP contribution >= 0.6 is 24.8 Å². The van der Waals surface area contributed by atoms with Gasteiger partial charge < -0.3 is 10.3 Å². The first-order valence-electron chi connectivity index (χ1n) is 8.43. The highest BCUT2D eigenvalue weighted by Crippen LogP contribution is 2.40. The maximum atomic E-state index is 3.49. The van der Waals surface area contributed by atoms with Crippen LogP contribution in [0.2, 0.25) is 0 Å². The maximum Gasteiger partial charge on any atom is 0.0454 e. The Morgan fingerprint density at radius 3 is 2.48 bits per heavy atom. The van der Waals surface area contributed by atoms with Crippen molar-refractivity contribution in [3.05, 3.63) is 36.0 Å². The molecule has 2 fully saturated rings. The molecule has 2 N–H and O–H groups in total. The summed E-state index contributed by atoms with van der Waals surface area (Å²) < 4.78 is 0. The molecule has 0 unspecified atom stereocenters. The molecular formula is C18H27Cl2N3. The van der Waals surface area contributed by atoms with Crippen LogP contribution in [0.25, 0.3) is 10.9 Å². The fourth-order valence-electron chi connectivity index (χ4n) is 4.27. The predicted molar refractivity (Wildman–Crippen MR) is 102 cm³/mol. The minimum atomic E-state index is 0. The fourth-order valence-corrected chi connectivity index (χ4v) is 4.27. The second-order valence-corrected chi connectivity index (χ2v) is 6.60. The summed E-state index contributed by atoms with van der Waals surface area (Å²) in [6, 6.07) is 9.84. The molecule has 1 aromatic heterocycles. The number of nitrogens with one attached hydrogen (secondary N) is 2. The van der Waals surface area contributed by atoms with Gasteiger partial charge in [0.25, 0.3) is 0 Å². The third-order valence-electron chi connectivity index (χ3n) is 5.31. The molecule has 0 bridgehead atoms. The topological polar surface area (TPSA) is 31.1 Å². The Balaban J connectivity index is 0.000000960. The van der Waals surface area contributed by atoms with Gasteiger partial charge in [0.05, 0.1) is 0 Å². The SMILES string of the molecule is Cl.Cl.c1cc2cc([C@@H](C3CCCC3)N3CCNCC3)ccc2[nH]1. The molecule has 23 heavy (non-hydrogen) atoms. The average Bonchev–Trinajstić information content (AvgIpc) is 3.19. The molecule has 1 atom stereocenters. The summed E-state index contributed by atoms with van der Waals surface area (Å²) in [6.45, 7) is 4.64. The summed E-state index contributed by atoms with van der Waals surface area (Å²) in [6.07, 6.45) is 7.68. The number of H-pyrrole nitrogens is 1. The second kappa shape index (κ2) is 8.39. The molecule has 1 saturated carbocycles. The van der Waals surface area contributed by atoms with E-state index in [4.69, 9.17) is 0 Å². The molecule has 0 spiro atoms. The maximum absolute atomic E-state index is 3.49. The van der Waals surface area contributed by atoms with E-state index in [0.29, 0.717) is 6.04 Å². The van der Waals surface area contributed by atoms with Gasteiger partial charge in [-0.25, -0.2) is 0 Å². The summed E-state index contributed by atoms with van der Waals surface area (Å²) >= 11 is 0. The average molecular weight is 356 g/mol. The molecule has 1 aliphatic carbocycles. The molecule has 4 rings (SSSR count). The van der Waals surface area contributed by atoms with Gasteiger partial charge in [0.1, 0.15) is 0 Å². The van der Waals surface area contributed by atoms with Gasteiger partial charge in [-0.3, -0.25) is 4.90 Å². The number of fused-ring (bicyclic) bond motifs is 1. The smallest absolute Gasteiger partial charge is 0.0454 e. The van der Waals surface area contributed by atoms with Crippen molar-refractivity contribution in [2.45, 2.75) is 31.7 Å². The van der Waals surface area contributed by atoms with Crippen LogP contribution in [0.4, 0.5) is 0 Å². The van der Waals surface area contributed by atoms with Crippen molar-refractivity contribution in [1.29, 1.82) is 0 Å². The Hall–Kier alpha value is -0.740. The van der Waals surface area contributed by atoms with Crippen LogP contribution in [0, 0.1) is 5.92 Å². The van der Waals surface area contributed by atoms with E-state index in [0.717, 1.165) is 19.0 Å². The number of piperazine rings is 1. The highest BCUT2D eigenvalue weighted by Gasteiger charge is 2.31.